The van der Waals surface area contributed by atoms with Gasteiger partial charge < -0.3 is 25.8 Å². The minimum absolute atomic E-state index is 0.0862. The Labute approximate surface area is 334 Å². The monoisotopic (exact) mass is 808 g/mol. The van der Waals surface area contributed by atoms with Crippen LogP contribution < -0.4 is 20.1 Å². The van der Waals surface area contributed by atoms with Crippen LogP contribution in [0.15, 0.2) is 89.6 Å². The normalized spacial score (nSPS) is 17.0. The van der Waals surface area contributed by atoms with Crippen molar-refractivity contribution >= 4 is 67.4 Å². The quantitative estimate of drug-likeness (QED) is 0.0447. The number of halogens is 1. The molecular formula is C41H41ClN8O6S. The predicted molar refractivity (Wildman–Crippen MR) is 220 cm³/mol. The van der Waals surface area contributed by atoms with Crippen molar-refractivity contribution in [3.8, 4) is 11.5 Å². The number of amides is 1. The van der Waals surface area contributed by atoms with Gasteiger partial charge in [-0.3, -0.25) is 19.8 Å². The van der Waals surface area contributed by atoms with Gasteiger partial charge in [-0.05, 0) is 91.1 Å². The molecule has 1 spiro atoms. The molecule has 3 heterocycles. The molecule has 1 amide bonds. The maximum absolute atomic E-state index is 13.7. The van der Waals surface area contributed by atoms with Crippen LogP contribution in [0.25, 0.3) is 16.6 Å². The average molecular weight is 809 g/mol. The SMILES string of the molecule is N=Cc1c(N)cc(S(=O)(=O)NC(=O)c2ccc(N3CCN(CC4=C(c5ccc(Cl)cc5)CC5(CCC5)CC4)CC3)cc2Oc2cnc3[nH]ccc3c2)cc1[N+](=O)[O-]. The van der Waals surface area contributed by atoms with Gasteiger partial charge >= 0.3 is 0 Å². The molecule has 294 valence electrons. The van der Waals surface area contributed by atoms with Gasteiger partial charge in [-0.15, -0.1) is 0 Å². The van der Waals surface area contributed by atoms with E-state index in [-0.39, 0.29) is 22.6 Å². The van der Waals surface area contributed by atoms with Crippen LogP contribution in [0.5, 0.6) is 11.5 Å². The van der Waals surface area contributed by atoms with Crippen molar-refractivity contribution in [2.75, 3.05) is 43.4 Å². The average Bonchev–Trinajstić information content (AvgIpc) is 3.66. The third kappa shape index (κ3) is 7.82. The molecule has 1 aliphatic heterocycles. The molecule has 2 aromatic heterocycles. The number of rotatable bonds is 11. The van der Waals surface area contributed by atoms with E-state index in [4.69, 9.17) is 27.5 Å². The highest BCUT2D eigenvalue weighted by atomic mass is 35.5. The van der Waals surface area contributed by atoms with Crippen molar-refractivity contribution in [2.45, 2.75) is 43.4 Å². The van der Waals surface area contributed by atoms with E-state index in [2.05, 4.69) is 31.9 Å². The molecule has 5 N–H and O–H groups in total. The lowest BCUT2D eigenvalue weighted by Gasteiger charge is -2.47. The number of ether oxygens (including phenoxy) is 1. The summed E-state index contributed by atoms with van der Waals surface area (Å²) in [6, 6.07) is 18.5. The Balaban J connectivity index is 1.03. The van der Waals surface area contributed by atoms with E-state index < -0.39 is 31.4 Å². The van der Waals surface area contributed by atoms with Crippen molar-refractivity contribution in [3.63, 3.8) is 0 Å². The van der Waals surface area contributed by atoms with Crippen molar-refractivity contribution in [2.24, 2.45) is 5.41 Å². The molecule has 1 saturated carbocycles. The number of aromatic amines is 1. The third-order valence-electron chi connectivity index (χ3n) is 11.5. The fourth-order valence-corrected chi connectivity index (χ4v) is 9.39. The summed E-state index contributed by atoms with van der Waals surface area (Å²) in [5.41, 5.74) is 10.7. The zero-order chi connectivity index (χ0) is 39.9. The van der Waals surface area contributed by atoms with Crippen LogP contribution in [0.4, 0.5) is 17.1 Å². The molecule has 14 nitrogen and oxygen atoms in total. The molecule has 0 atom stereocenters. The van der Waals surface area contributed by atoms with Gasteiger partial charge in [-0.1, -0.05) is 35.7 Å². The Kier molecular flexibility index (Phi) is 10.2. The van der Waals surface area contributed by atoms with Crippen molar-refractivity contribution in [3.05, 3.63) is 117 Å². The van der Waals surface area contributed by atoms with E-state index in [0.717, 1.165) is 73.8 Å². The number of nitro benzene ring substituents is 1. The van der Waals surface area contributed by atoms with Crippen LogP contribution in [-0.2, 0) is 10.0 Å². The maximum atomic E-state index is 13.7. The molecular weight excluding hydrogens is 768 g/mol. The Hall–Kier alpha value is -5.77. The summed E-state index contributed by atoms with van der Waals surface area (Å²) in [4.78, 5) is 36.1. The summed E-state index contributed by atoms with van der Waals surface area (Å²) in [7, 11) is -4.66. The van der Waals surface area contributed by atoms with E-state index in [9.17, 15) is 23.3 Å². The van der Waals surface area contributed by atoms with Gasteiger partial charge in [0.25, 0.3) is 21.6 Å². The zero-order valence-corrected chi connectivity index (χ0v) is 32.5. The van der Waals surface area contributed by atoms with Crippen LogP contribution in [0.3, 0.4) is 0 Å². The molecule has 0 radical (unpaired) electrons. The van der Waals surface area contributed by atoms with Crippen LogP contribution in [0.2, 0.25) is 5.02 Å². The number of anilines is 2. The number of pyridine rings is 1. The lowest BCUT2D eigenvalue weighted by Crippen LogP contribution is -2.47. The number of aromatic nitrogens is 2. The Morgan fingerprint density at radius 2 is 1.84 bits per heavy atom. The molecule has 2 aliphatic carbocycles. The number of piperazine rings is 1. The second-order valence-corrected chi connectivity index (χ2v) is 17.2. The number of benzene rings is 3. The molecule has 57 heavy (non-hydrogen) atoms. The van der Waals surface area contributed by atoms with Crippen molar-refractivity contribution in [1.29, 1.82) is 5.41 Å². The standard InChI is InChI=1S/C41H41ClN8O6S/c42-29-4-2-26(3-5-29)34-22-41(10-1-11-41)12-8-28(34)25-48-14-16-49(17-15-48)30-6-7-33(38(19-30)56-31-18-27-9-13-45-39(27)46-24-31)40(51)47-57(54,55)32-20-36(44)35(23-43)37(21-32)50(52)53/h2-7,9,13,18-21,23-24,43H,1,8,10-12,14-17,22,25,44H2,(H,45,46)(H,47,51). The van der Waals surface area contributed by atoms with Gasteiger partial charge in [0, 0.05) is 79.1 Å². The molecule has 3 aromatic carbocycles. The predicted octanol–water partition coefficient (Wildman–Crippen LogP) is 7.55. The fourth-order valence-electron chi connectivity index (χ4n) is 8.24. The zero-order valence-electron chi connectivity index (χ0n) is 31.0. The smallest absolute Gasteiger partial charge is 0.281 e. The number of carbonyl (C=O) groups is 1. The van der Waals surface area contributed by atoms with E-state index in [1.165, 1.54) is 54.7 Å². The molecule has 0 unspecified atom stereocenters. The summed E-state index contributed by atoms with van der Waals surface area (Å²) in [5, 5.41) is 20.6. The molecule has 5 aromatic rings. The van der Waals surface area contributed by atoms with E-state index in [1.54, 1.807) is 24.4 Å². The number of nitrogens with two attached hydrogens (primary N) is 1. The van der Waals surface area contributed by atoms with E-state index >= 15 is 0 Å². The van der Waals surface area contributed by atoms with Crippen LogP contribution in [0.1, 0.15) is 60.0 Å². The van der Waals surface area contributed by atoms with Gasteiger partial charge in [-0.25, -0.2) is 18.1 Å². The Morgan fingerprint density at radius 1 is 1.07 bits per heavy atom. The first-order chi connectivity index (χ1) is 27.4. The number of allylic oxidation sites excluding steroid dienone is 1. The van der Waals surface area contributed by atoms with E-state index in [0.29, 0.717) is 23.0 Å². The lowest BCUT2D eigenvalue weighted by molar-refractivity contribution is -0.385. The number of sulfonamides is 1. The summed E-state index contributed by atoms with van der Waals surface area (Å²) in [5.74, 6) is -0.600. The van der Waals surface area contributed by atoms with Gasteiger partial charge in [-0.2, -0.15) is 0 Å². The van der Waals surface area contributed by atoms with Crippen LogP contribution in [-0.4, -0.2) is 73.1 Å². The molecule has 16 heteroatoms. The number of carbonyl (C=O) groups excluding carboxylic acids is 1. The second kappa shape index (κ2) is 15.3. The summed E-state index contributed by atoms with van der Waals surface area (Å²) in [6.07, 6.45) is 11.3. The summed E-state index contributed by atoms with van der Waals surface area (Å²) < 4.78 is 35.1. The first kappa shape index (κ1) is 38.1. The number of fused-ring (bicyclic) bond motifs is 1. The molecule has 2 fully saturated rings. The van der Waals surface area contributed by atoms with Gasteiger partial charge in [0.15, 0.2) is 0 Å². The van der Waals surface area contributed by atoms with E-state index in [1.807, 2.05) is 22.9 Å². The highest BCUT2D eigenvalue weighted by molar-refractivity contribution is 7.90. The van der Waals surface area contributed by atoms with Crippen LogP contribution >= 0.6 is 11.6 Å². The minimum atomic E-state index is -4.66. The van der Waals surface area contributed by atoms with Gasteiger partial charge in [0.2, 0.25) is 0 Å². The Morgan fingerprint density at radius 3 is 2.54 bits per heavy atom. The van der Waals surface area contributed by atoms with Gasteiger partial charge in [0.05, 0.1) is 27.1 Å². The highest BCUT2D eigenvalue weighted by Crippen LogP contribution is 2.55. The fraction of sp³-hybridized carbons (Fsp3) is 0.293. The van der Waals surface area contributed by atoms with Gasteiger partial charge in [0.1, 0.15) is 17.1 Å². The van der Waals surface area contributed by atoms with Crippen molar-refractivity contribution in [1.82, 2.24) is 19.6 Å². The topological polar surface area (TPSA) is 201 Å². The maximum Gasteiger partial charge on any atom is 0.281 e. The number of nitro groups is 1. The summed E-state index contributed by atoms with van der Waals surface area (Å²) >= 11 is 6.25. The number of nitrogens with zero attached hydrogens (tertiary/aromatic N) is 4. The number of nitrogen functional groups attached to an aromatic ring is 1. The molecule has 0 bridgehead atoms. The molecule has 1 saturated heterocycles. The first-order valence-corrected chi connectivity index (χ1v) is 20.6. The summed E-state index contributed by atoms with van der Waals surface area (Å²) in [6.45, 7) is 3.97. The highest BCUT2D eigenvalue weighted by Gasteiger charge is 2.41. The molecule has 3 aliphatic rings. The number of hydrogen-bond donors (Lipinski definition) is 4. The number of H-pyrrole nitrogens is 1. The lowest BCUT2D eigenvalue weighted by atomic mass is 9.59. The first-order valence-electron chi connectivity index (χ1n) is 18.7. The third-order valence-corrected chi connectivity index (χ3v) is 13.1. The molecule has 8 rings (SSSR count). The largest absolute Gasteiger partial charge is 0.455 e. The number of nitrogens with one attached hydrogen (secondary N) is 3. The second-order valence-electron chi connectivity index (χ2n) is 15.0. The van der Waals surface area contributed by atoms with Crippen LogP contribution in [0, 0.1) is 20.9 Å². The number of hydrogen-bond acceptors (Lipinski definition) is 11. The van der Waals surface area contributed by atoms with Crippen molar-refractivity contribution < 1.29 is 22.9 Å². The minimum Gasteiger partial charge on any atom is -0.455 e. The Bertz CT molecular complexity index is 2540.